The Bertz CT molecular complexity index is 802. The van der Waals surface area contributed by atoms with E-state index in [1.165, 1.54) is 29.8 Å². The Morgan fingerprint density at radius 2 is 1.62 bits per heavy atom. The van der Waals surface area contributed by atoms with Gasteiger partial charge in [-0.25, -0.2) is 0 Å². The first-order valence-corrected chi connectivity index (χ1v) is 10.2. The highest BCUT2D eigenvalue weighted by Crippen LogP contribution is 2.36. The lowest BCUT2D eigenvalue weighted by Crippen LogP contribution is -2.35. The average molecular weight is 424 g/mol. The molecule has 3 rings (SSSR count). The standard InChI is InChI=1S/C21H23F3N2O2S/c22-21(23,24)29-19-7-5-17(6-8-19)20(28)25-13-15-1-3-16(4-2-15)14-26-11-9-18(27)10-12-26/h1-8,18,27H,9-14H2,(H,25,28). The maximum Gasteiger partial charge on any atom is 0.446 e. The van der Waals surface area contributed by atoms with Gasteiger partial charge in [-0.2, -0.15) is 13.2 Å². The van der Waals surface area contributed by atoms with Gasteiger partial charge in [0.25, 0.3) is 5.91 Å². The third-order valence-electron chi connectivity index (χ3n) is 4.79. The van der Waals surface area contributed by atoms with Gasteiger partial charge in [-0.05, 0) is 60.0 Å². The highest BCUT2D eigenvalue weighted by Gasteiger charge is 2.29. The Kier molecular flexibility index (Phi) is 7.21. The molecule has 0 aromatic heterocycles. The van der Waals surface area contributed by atoms with Crippen molar-refractivity contribution < 1.29 is 23.1 Å². The van der Waals surface area contributed by atoms with E-state index < -0.39 is 5.51 Å². The number of alkyl halides is 3. The van der Waals surface area contributed by atoms with Crippen molar-refractivity contribution in [2.24, 2.45) is 0 Å². The number of carbonyl (C=O) groups is 1. The molecule has 0 saturated carbocycles. The summed E-state index contributed by atoms with van der Waals surface area (Å²) >= 11 is -0.202. The van der Waals surface area contributed by atoms with Crippen molar-refractivity contribution in [2.45, 2.75) is 42.4 Å². The zero-order valence-electron chi connectivity index (χ0n) is 15.8. The molecule has 1 heterocycles. The first-order valence-electron chi connectivity index (χ1n) is 9.41. The Morgan fingerprint density at radius 1 is 1.03 bits per heavy atom. The molecule has 0 spiro atoms. The topological polar surface area (TPSA) is 52.6 Å². The summed E-state index contributed by atoms with van der Waals surface area (Å²) in [5.41, 5.74) is -1.90. The number of halogens is 3. The van der Waals surface area contributed by atoms with Crippen LogP contribution in [0.4, 0.5) is 13.2 Å². The number of amides is 1. The molecule has 0 radical (unpaired) electrons. The van der Waals surface area contributed by atoms with Crippen molar-refractivity contribution in [1.29, 1.82) is 0 Å². The van der Waals surface area contributed by atoms with E-state index in [9.17, 15) is 23.1 Å². The molecule has 0 aliphatic carbocycles. The van der Waals surface area contributed by atoms with E-state index in [4.69, 9.17) is 0 Å². The maximum atomic E-state index is 12.4. The maximum absolute atomic E-state index is 12.4. The van der Waals surface area contributed by atoms with E-state index in [0.29, 0.717) is 12.1 Å². The lowest BCUT2D eigenvalue weighted by atomic mass is 10.1. The summed E-state index contributed by atoms with van der Waals surface area (Å²) < 4.78 is 37.1. The third-order valence-corrected chi connectivity index (χ3v) is 5.53. The fourth-order valence-corrected chi connectivity index (χ4v) is 3.73. The Balaban J connectivity index is 1.47. The van der Waals surface area contributed by atoms with Gasteiger partial charge in [0.1, 0.15) is 0 Å². The molecule has 0 bridgehead atoms. The number of carbonyl (C=O) groups excluding carboxylic acids is 1. The van der Waals surface area contributed by atoms with Gasteiger partial charge in [-0.15, -0.1) is 0 Å². The monoisotopic (exact) mass is 424 g/mol. The zero-order valence-corrected chi connectivity index (χ0v) is 16.6. The minimum absolute atomic E-state index is 0.0489. The second-order valence-electron chi connectivity index (χ2n) is 7.08. The van der Waals surface area contributed by atoms with E-state index in [-0.39, 0.29) is 28.7 Å². The van der Waals surface area contributed by atoms with Crippen LogP contribution in [0.1, 0.15) is 34.3 Å². The first kappa shape index (κ1) is 21.7. The minimum atomic E-state index is -4.34. The largest absolute Gasteiger partial charge is 0.446 e. The predicted molar refractivity (Wildman–Crippen MR) is 106 cm³/mol. The number of nitrogens with one attached hydrogen (secondary N) is 1. The summed E-state index contributed by atoms with van der Waals surface area (Å²) in [6.07, 6.45) is 1.43. The zero-order chi connectivity index (χ0) is 20.9. The van der Waals surface area contributed by atoms with Crippen molar-refractivity contribution in [3.63, 3.8) is 0 Å². The fraction of sp³-hybridized carbons (Fsp3) is 0.381. The highest BCUT2D eigenvalue weighted by molar-refractivity contribution is 8.00. The third kappa shape index (κ3) is 7.06. The molecule has 2 N–H and O–H groups in total. The van der Waals surface area contributed by atoms with Crippen molar-refractivity contribution in [2.75, 3.05) is 13.1 Å². The van der Waals surface area contributed by atoms with Gasteiger partial charge >= 0.3 is 5.51 Å². The quantitative estimate of drug-likeness (QED) is 0.683. The molecule has 0 atom stereocenters. The molecule has 4 nitrogen and oxygen atoms in total. The Morgan fingerprint density at radius 3 is 2.21 bits per heavy atom. The fourth-order valence-electron chi connectivity index (χ4n) is 3.19. The molecule has 1 amide bonds. The van der Waals surface area contributed by atoms with Gasteiger partial charge in [0.15, 0.2) is 0 Å². The molecular weight excluding hydrogens is 401 g/mol. The lowest BCUT2D eigenvalue weighted by Gasteiger charge is -2.29. The molecule has 1 saturated heterocycles. The number of rotatable bonds is 6. The minimum Gasteiger partial charge on any atom is -0.393 e. The Hall–Kier alpha value is -2.03. The van der Waals surface area contributed by atoms with E-state index in [1.807, 2.05) is 24.3 Å². The molecule has 8 heteroatoms. The number of piperidine rings is 1. The highest BCUT2D eigenvalue weighted by atomic mass is 32.2. The van der Waals surface area contributed by atoms with Gasteiger partial charge < -0.3 is 10.4 Å². The van der Waals surface area contributed by atoms with Crippen molar-refractivity contribution in [1.82, 2.24) is 10.2 Å². The van der Waals surface area contributed by atoms with E-state index in [1.54, 1.807) is 0 Å². The van der Waals surface area contributed by atoms with Gasteiger partial charge in [0.05, 0.1) is 6.10 Å². The van der Waals surface area contributed by atoms with Crippen LogP contribution in [0.2, 0.25) is 0 Å². The van der Waals surface area contributed by atoms with Crippen LogP contribution in [-0.4, -0.2) is 40.6 Å². The van der Waals surface area contributed by atoms with Gasteiger partial charge in [0.2, 0.25) is 0 Å². The van der Waals surface area contributed by atoms with Crippen LogP contribution in [0.15, 0.2) is 53.4 Å². The molecule has 2 aromatic rings. The average Bonchev–Trinajstić information content (AvgIpc) is 2.68. The SMILES string of the molecule is O=C(NCc1ccc(CN2CCC(O)CC2)cc1)c1ccc(SC(F)(F)F)cc1. The summed E-state index contributed by atoms with van der Waals surface area (Å²) in [4.78, 5) is 14.6. The first-order chi connectivity index (χ1) is 13.8. The van der Waals surface area contributed by atoms with Crippen LogP contribution < -0.4 is 5.32 Å². The number of benzene rings is 2. The van der Waals surface area contributed by atoms with Crippen LogP contribution in [0.5, 0.6) is 0 Å². The number of likely N-dealkylation sites (tertiary alicyclic amines) is 1. The second kappa shape index (κ2) is 9.65. The second-order valence-corrected chi connectivity index (χ2v) is 8.22. The van der Waals surface area contributed by atoms with E-state index in [2.05, 4.69) is 10.2 Å². The molecule has 0 unspecified atom stereocenters. The summed E-state index contributed by atoms with van der Waals surface area (Å²) in [7, 11) is 0. The molecular formula is C21H23F3N2O2S. The summed E-state index contributed by atoms with van der Waals surface area (Å²) in [6.45, 7) is 2.95. The number of hydrogen-bond acceptors (Lipinski definition) is 4. The molecule has 156 valence electrons. The summed E-state index contributed by atoms with van der Waals surface area (Å²) in [6, 6.07) is 13.3. The van der Waals surface area contributed by atoms with E-state index >= 15 is 0 Å². The number of aliphatic hydroxyl groups is 1. The summed E-state index contributed by atoms with van der Waals surface area (Å²) in [5.74, 6) is -0.329. The predicted octanol–water partition coefficient (Wildman–Crippen LogP) is 4.19. The molecule has 1 aliphatic rings. The van der Waals surface area contributed by atoms with Crippen molar-refractivity contribution in [3.8, 4) is 0 Å². The van der Waals surface area contributed by atoms with Crippen LogP contribution in [0.3, 0.4) is 0 Å². The van der Waals surface area contributed by atoms with Crippen LogP contribution >= 0.6 is 11.8 Å². The lowest BCUT2D eigenvalue weighted by molar-refractivity contribution is -0.0328. The van der Waals surface area contributed by atoms with Gasteiger partial charge in [-0.1, -0.05) is 24.3 Å². The normalized spacial score (nSPS) is 16.0. The molecule has 1 aliphatic heterocycles. The number of nitrogens with zero attached hydrogens (tertiary/aromatic N) is 1. The number of hydrogen-bond donors (Lipinski definition) is 2. The molecule has 29 heavy (non-hydrogen) atoms. The van der Waals surface area contributed by atoms with Crippen molar-refractivity contribution in [3.05, 3.63) is 65.2 Å². The van der Waals surface area contributed by atoms with Crippen LogP contribution in [-0.2, 0) is 13.1 Å². The smallest absolute Gasteiger partial charge is 0.393 e. The van der Waals surface area contributed by atoms with E-state index in [0.717, 1.165) is 38.0 Å². The molecule has 1 fully saturated rings. The summed E-state index contributed by atoms with van der Waals surface area (Å²) in [5, 5.41) is 12.3. The van der Waals surface area contributed by atoms with Crippen LogP contribution in [0, 0.1) is 0 Å². The molecule has 2 aromatic carbocycles. The number of thioether (sulfide) groups is 1. The van der Waals surface area contributed by atoms with Crippen molar-refractivity contribution >= 4 is 17.7 Å². The van der Waals surface area contributed by atoms with Gasteiger partial charge in [-0.3, -0.25) is 9.69 Å². The number of aliphatic hydroxyl groups excluding tert-OH is 1. The Labute approximate surface area is 172 Å². The van der Waals surface area contributed by atoms with Gasteiger partial charge in [0, 0.05) is 36.6 Å². The van der Waals surface area contributed by atoms with Crippen LogP contribution in [0.25, 0.3) is 0 Å².